The zero-order chi connectivity index (χ0) is 17.4. The van der Waals surface area contributed by atoms with E-state index in [-0.39, 0.29) is 30.7 Å². The number of benzene rings is 1. The lowest BCUT2D eigenvalue weighted by Gasteiger charge is -2.16. The van der Waals surface area contributed by atoms with Crippen molar-refractivity contribution in [1.82, 2.24) is 10.2 Å². The monoisotopic (exact) mass is 349 g/mol. The number of nitrogens with zero attached hydrogens (tertiary/aromatic N) is 1. The van der Waals surface area contributed by atoms with Crippen molar-refractivity contribution in [2.75, 3.05) is 32.0 Å². The average molecular weight is 349 g/mol. The topological polar surface area (TPSA) is 61.4 Å². The summed E-state index contributed by atoms with van der Waals surface area (Å²) in [6.45, 7) is 0.798. The van der Waals surface area contributed by atoms with E-state index in [0.717, 1.165) is 6.42 Å². The van der Waals surface area contributed by atoms with E-state index in [1.807, 2.05) is 17.5 Å². The Kier molecular flexibility index (Phi) is 6.89. The molecule has 0 aliphatic heterocycles. The molecule has 128 valence electrons. The van der Waals surface area contributed by atoms with Crippen LogP contribution >= 0.6 is 11.3 Å². The molecule has 0 aliphatic rings. The Morgan fingerprint density at radius 3 is 2.50 bits per heavy atom. The maximum atomic E-state index is 12.8. The van der Waals surface area contributed by atoms with Crippen LogP contribution in [0.4, 0.5) is 10.1 Å². The van der Waals surface area contributed by atoms with Gasteiger partial charge in [-0.15, -0.1) is 11.3 Å². The fraction of sp³-hybridized carbons (Fsp3) is 0.294. The maximum Gasteiger partial charge on any atom is 0.238 e. The summed E-state index contributed by atoms with van der Waals surface area (Å²) in [5.41, 5.74) is 0.523. The molecular formula is C17H20FN3O2S. The Labute approximate surface area is 144 Å². The molecule has 2 amide bonds. The third kappa shape index (κ3) is 6.47. The molecule has 0 bridgehead atoms. The molecule has 0 saturated heterocycles. The van der Waals surface area contributed by atoms with Gasteiger partial charge in [-0.25, -0.2) is 4.39 Å². The van der Waals surface area contributed by atoms with Crippen LogP contribution in [-0.2, 0) is 16.0 Å². The Balaban J connectivity index is 1.65. The minimum atomic E-state index is -0.357. The van der Waals surface area contributed by atoms with Crippen molar-refractivity contribution < 1.29 is 14.0 Å². The summed E-state index contributed by atoms with van der Waals surface area (Å²) in [4.78, 5) is 26.6. The number of hydrogen-bond acceptors (Lipinski definition) is 4. The van der Waals surface area contributed by atoms with Crippen molar-refractivity contribution in [3.05, 3.63) is 52.5 Å². The minimum absolute atomic E-state index is 0.0791. The predicted octanol–water partition coefficient (Wildman–Crippen LogP) is 2.12. The zero-order valence-corrected chi connectivity index (χ0v) is 14.2. The van der Waals surface area contributed by atoms with E-state index in [0.29, 0.717) is 12.2 Å². The van der Waals surface area contributed by atoms with Crippen molar-refractivity contribution >= 4 is 28.8 Å². The van der Waals surface area contributed by atoms with E-state index in [1.54, 1.807) is 23.3 Å². The summed E-state index contributed by atoms with van der Waals surface area (Å²) in [6.07, 6.45) is 0.804. The van der Waals surface area contributed by atoms with Crippen LogP contribution in [0, 0.1) is 5.82 Å². The van der Waals surface area contributed by atoms with E-state index in [9.17, 15) is 14.0 Å². The lowest BCUT2D eigenvalue weighted by molar-refractivity contribution is -0.122. The first-order valence-electron chi connectivity index (χ1n) is 7.56. The van der Waals surface area contributed by atoms with Gasteiger partial charge in [-0.3, -0.25) is 14.5 Å². The molecule has 2 aromatic rings. The SMILES string of the molecule is CN(CC(=O)NCCc1cccs1)CC(=O)Nc1ccc(F)cc1. The summed E-state index contributed by atoms with van der Waals surface area (Å²) in [5, 5.41) is 7.50. The molecule has 0 unspecified atom stereocenters. The first-order chi connectivity index (χ1) is 11.5. The molecule has 0 atom stereocenters. The first-order valence-corrected chi connectivity index (χ1v) is 8.44. The van der Waals surface area contributed by atoms with Crippen LogP contribution in [-0.4, -0.2) is 43.4 Å². The van der Waals surface area contributed by atoms with Gasteiger partial charge in [0, 0.05) is 17.1 Å². The maximum absolute atomic E-state index is 12.8. The van der Waals surface area contributed by atoms with Crippen molar-refractivity contribution in [2.24, 2.45) is 0 Å². The van der Waals surface area contributed by atoms with Gasteiger partial charge in [-0.05, 0) is 49.2 Å². The second kappa shape index (κ2) is 9.14. The van der Waals surface area contributed by atoms with Gasteiger partial charge in [-0.1, -0.05) is 6.07 Å². The summed E-state index contributed by atoms with van der Waals surface area (Å²) < 4.78 is 12.8. The highest BCUT2D eigenvalue weighted by molar-refractivity contribution is 7.09. The number of rotatable bonds is 8. The van der Waals surface area contributed by atoms with Gasteiger partial charge in [0.1, 0.15) is 5.82 Å². The van der Waals surface area contributed by atoms with Gasteiger partial charge < -0.3 is 10.6 Å². The van der Waals surface area contributed by atoms with Crippen molar-refractivity contribution in [1.29, 1.82) is 0 Å². The highest BCUT2D eigenvalue weighted by Crippen LogP contribution is 2.08. The molecule has 1 heterocycles. The second-order valence-electron chi connectivity index (χ2n) is 5.41. The Hall–Kier alpha value is -2.25. The van der Waals surface area contributed by atoms with Gasteiger partial charge >= 0.3 is 0 Å². The van der Waals surface area contributed by atoms with Crippen molar-refractivity contribution in [3.63, 3.8) is 0 Å². The van der Waals surface area contributed by atoms with Gasteiger partial charge in [0.05, 0.1) is 13.1 Å². The van der Waals surface area contributed by atoms with E-state index in [1.165, 1.54) is 29.1 Å². The molecule has 7 heteroatoms. The third-order valence-electron chi connectivity index (χ3n) is 3.23. The van der Waals surface area contributed by atoms with Crippen LogP contribution in [0.3, 0.4) is 0 Å². The minimum Gasteiger partial charge on any atom is -0.355 e. The Morgan fingerprint density at radius 2 is 1.83 bits per heavy atom. The number of anilines is 1. The quantitative estimate of drug-likeness (QED) is 0.767. The van der Waals surface area contributed by atoms with E-state index in [4.69, 9.17) is 0 Å². The molecule has 0 spiro atoms. The lowest BCUT2D eigenvalue weighted by Crippen LogP contribution is -2.39. The largest absolute Gasteiger partial charge is 0.355 e. The standard InChI is InChI=1S/C17H20FN3O2S/c1-21(11-16(22)19-9-8-15-3-2-10-24-15)12-17(23)20-14-6-4-13(18)5-7-14/h2-7,10H,8-9,11-12H2,1H3,(H,19,22)(H,20,23). The molecular weight excluding hydrogens is 329 g/mol. The van der Waals surface area contributed by atoms with Crippen LogP contribution < -0.4 is 10.6 Å². The van der Waals surface area contributed by atoms with Gasteiger partial charge in [-0.2, -0.15) is 0 Å². The van der Waals surface area contributed by atoms with Gasteiger partial charge in [0.25, 0.3) is 0 Å². The molecule has 24 heavy (non-hydrogen) atoms. The van der Waals surface area contributed by atoms with Crippen LogP contribution in [0.25, 0.3) is 0 Å². The van der Waals surface area contributed by atoms with E-state index in [2.05, 4.69) is 10.6 Å². The number of carbonyl (C=O) groups excluding carboxylic acids is 2. The summed E-state index contributed by atoms with van der Waals surface area (Å²) in [7, 11) is 1.70. The predicted molar refractivity (Wildman–Crippen MR) is 93.6 cm³/mol. The molecule has 0 aliphatic carbocycles. The summed E-state index contributed by atoms with van der Waals surface area (Å²) >= 11 is 1.66. The molecule has 5 nitrogen and oxygen atoms in total. The number of carbonyl (C=O) groups is 2. The molecule has 0 radical (unpaired) electrons. The van der Waals surface area contributed by atoms with Gasteiger partial charge in [0.2, 0.25) is 11.8 Å². The molecule has 1 aromatic carbocycles. The highest BCUT2D eigenvalue weighted by Gasteiger charge is 2.11. The van der Waals surface area contributed by atoms with Crippen molar-refractivity contribution in [2.45, 2.75) is 6.42 Å². The third-order valence-corrected chi connectivity index (χ3v) is 4.16. The van der Waals surface area contributed by atoms with Crippen LogP contribution in [0.15, 0.2) is 41.8 Å². The number of amides is 2. The zero-order valence-electron chi connectivity index (χ0n) is 13.4. The Morgan fingerprint density at radius 1 is 1.12 bits per heavy atom. The lowest BCUT2D eigenvalue weighted by atomic mass is 10.3. The molecule has 2 rings (SSSR count). The fourth-order valence-electron chi connectivity index (χ4n) is 2.12. The smallest absolute Gasteiger partial charge is 0.238 e. The van der Waals surface area contributed by atoms with Crippen molar-refractivity contribution in [3.8, 4) is 0 Å². The number of hydrogen-bond donors (Lipinski definition) is 2. The van der Waals surface area contributed by atoms with Gasteiger partial charge in [0.15, 0.2) is 0 Å². The first kappa shape index (κ1) is 18.1. The van der Waals surface area contributed by atoms with Crippen LogP contribution in [0.1, 0.15) is 4.88 Å². The normalized spacial score (nSPS) is 10.6. The highest BCUT2D eigenvalue weighted by atomic mass is 32.1. The Bertz CT molecular complexity index is 659. The number of nitrogens with one attached hydrogen (secondary N) is 2. The molecule has 1 aromatic heterocycles. The number of thiophene rings is 1. The number of likely N-dealkylation sites (N-methyl/N-ethyl adjacent to an activating group) is 1. The summed E-state index contributed by atoms with van der Waals surface area (Å²) in [5.74, 6) is -0.733. The number of halogens is 1. The molecule has 0 fully saturated rings. The van der Waals surface area contributed by atoms with Crippen LogP contribution in [0.5, 0.6) is 0 Å². The molecule has 0 saturated carbocycles. The van der Waals surface area contributed by atoms with Crippen LogP contribution in [0.2, 0.25) is 0 Å². The fourth-order valence-corrected chi connectivity index (χ4v) is 2.82. The summed E-state index contributed by atoms with van der Waals surface area (Å²) in [6, 6.07) is 9.55. The average Bonchev–Trinajstić information content (AvgIpc) is 3.02. The van der Waals surface area contributed by atoms with E-state index >= 15 is 0 Å². The second-order valence-corrected chi connectivity index (χ2v) is 6.44. The van der Waals surface area contributed by atoms with E-state index < -0.39 is 0 Å². The molecule has 2 N–H and O–H groups in total.